The van der Waals surface area contributed by atoms with E-state index in [0.29, 0.717) is 5.41 Å². The summed E-state index contributed by atoms with van der Waals surface area (Å²) in [6, 6.07) is 10.8. The number of hydrogen-bond donors (Lipinski definition) is 0. The van der Waals surface area contributed by atoms with E-state index < -0.39 is 0 Å². The molecule has 1 aromatic rings. The first-order chi connectivity index (χ1) is 7.45. The molecule has 1 saturated heterocycles. The second-order valence-corrected chi connectivity index (χ2v) is 6.03. The van der Waals surface area contributed by atoms with E-state index in [4.69, 9.17) is 0 Å². The van der Waals surface area contributed by atoms with Crippen molar-refractivity contribution in [2.45, 2.75) is 46.1 Å². The molecule has 0 saturated carbocycles. The molecule has 0 amide bonds. The van der Waals surface area contributed by atoms with E-state index in [1.54, 1.807) is 0 Å². The fourth-order valence-electron chi connectivity index (χ4n) is 2.69. The number of rotatable bonds is 1. The first kappa shape index (κ1) is 11.5. The van der Waals surface area contributed by atoms with E-state index >= 15 is 0 Å². The lowest BCUT2D eigenvalue weighted by Gasteiger charge is -2.54. The average molecular weight is 217 g/mol. The molecule has 1 heterocycles. The van der Waals surface area contributed by atoms with Gasteiger partial charge in [0, 0.05) is 17.8 Å². The Morgan fingerprint density at radius 3 is 2.25 bits per heavy atom. The monoisotopic (exact) mass is 217 g/mol. The largest absolute Gasteiger partial charge is 0.366 e. The lowest BCUT2D eigenvalue weighted by atomic mass is 9.68. The van der Waals surface area contributed by atoms with Gasteiger partial charge in [0.1, 0.15) is 0 Å². The molecule has 0 N–H and O–H groups in total. The molecule has 0 bridgehead atoms. The lowest BCUT2D eigenvalue weighted by molar-refractivity contribution is 0.139. The molecule has 0 atom stereocenters. The average Bonchev–Trinajstić information content (AvgIpc) is 2.23. The third kappa shape index (κ3) is 1.73. The predicted molar refractivity (Wildman–Crippen MR) is 70.9 cm³/mol. The van der Waals surface area contributed by atoms with Gasteiger partial charge in [-0.1, -0.05) is 32.0 Å². The highest BCUT2D eigenvalue weighted by Crippen LogP contribution is 2.45. The van der Waals surface area contributed by atoms with Gasteiger partial charge < -0.3 is 4.90 Å². The van der Waals surface area contributed by atoms with Crippen LogP contribution >= 0.6 is 0 Å². The normalized spacial score (nSPS) is 23.1. The van der Waals surface area contributed by atoms with E-state index in [2.05, 4.69) is 62.9 Å². The van der Waals surface area contributed by atoms with Crippen LogP contribution in [0.2, 0.25) is 0 Å². The molecule has 0 unspecified atom stereocenters. The fraction of sp³-hybridized carbons (Fsp3) is 0.600. The minimum absolute atomic E-state index is 0.229. The summed E-state index contributed by atoms with van der Waals surface area (Å²) in [4.78, 5) is 2.57. The van der Waals surface area contributed by atoms with Crippen LogP contribution < -0.4 is 4.90 Å². The van der Waals surface area contributed by atoms with Crippen molar-refractivity contribution in [3.8, 4) is 0 Å². The van der Waals surface area contributed by atoms with Crippen LogP contribution in [0.1, 0.15) is 40.5 Å². The summed E-state index contributed by atoms with van der Waals surface area (Å²) in [6.45, 7) is 10.7. The summed E-state index contributed by atoms with van der Waals surface area (Å²) in [5.74, 6) is 0. The third-order valence-corrected chi connectivity index (χ3v) is 4.58. The van der Waals surface area contributed by atoms with Gasteiger partial charge in [-0.25, -0.2) is 0 Å². The Hall–Kier alpha value is -0.980. The van der Waals surface area contributed by atoms with Gasteiger partial charge >= 0.3 is 0 Å². The molecule has 1 aromatic carbocycles. The van der Waals surface area contributed by atoms with Crippen molar-refractivity contribution in [1.82, 2.24) is 0 Å². The Balaban J connectivity index is 2.35. The maximum absolute atomic E-state index is 2.57. The molecule has 0 spiro atoms. The van der Waals surface area contributed by atoms with Crippen molar-refractivity contribution >= 4 is 5.69 Å². The minimum atomic E-state index is 0.229. The highest BCUT2D eigenvalue weighted by atomic mass is 15.2. The summed E-state index contributed by atoms with van der Waals surface area (Å²) in [5, 5.41) is 0. The van der Waals surface area contributed by atoms with Crippen LogP contribution in [0.3, 0.4) is 0 Å². The molecule has 88 valence electrons. The molecule has 0 aliphatic carbocycles. The van der Waals surface area contributed by atoms with Crippen LogP contribution in [0.15, 0.2) is 30.3 Å². The molecule has 16 heavy (non-hydrogen) atoms. The van der Waals surface area contributed by atoms with E-state index in [-0.39, 0.29) is 5.54 Å². The SMILES string of the molecule is CC1(C)CCCN(c2ccccc2)C1(C)C. The van der Waals surface area contributed by atoms with E-state index in [1.165, 1.54) is 25.1 Å². The topological polar surface area (TPSA) is 3.24 Å². The van der Waals surface area contributed by atoms with Crippen molar-refractivity contribution in [2.75, 3.05) is 11.4 Å². The van der Waals surface area contributed by atoms with Gasteiger partial charge in [-0.2, -0.15) is 0 Å². The van der Waals surface area contributed by atoms with Crippen LogP contribution in [-0.4, -0.2) is 12.1 Å². The van der Waals surface area contributed by atoms with Gasteiger partial charge in [-0.15, -0.1) is 0 Å². The molecule has 0 radical (unpaired) electrons. The van der Waals surface area contributed by atoms with Crippen LogP contribution in [-0.2, 0) is 0 Å². The lowest BCUT2D eigenvalue weighted by Crippen LogP contribution is -2.57. The second-order valence-electron chi connectivity index (χ2n) is 6.03. The molecule has 1 aliphatic heterocycles. The summed E-state index contributed by atoms with van der Waals surface area (Å²) < 4.78 is 0. The van der Waals surface area contributed by atoms with Crippen molar-refractivity contribution < 1.29 is 0 Å². The van der Waals surface area contributed by atoms with Gasteiger partial charge in [-0.05, 0) is 44.2 Å². The minimum Gasteiger partial charge on any atom is -0.366 e. The molecule has 2 rings (SSSR count). The fourth-order valence-corrected chi connectivity index (χ4v) is 2.69. The highest BCUT2D eigenvalue weighted by molar-refractivity contribution is 5.49. The number of nitrogens with zero attached hydrogens (tertiary/aromatic N) is 1. The van der Waals surface area contributed by atoms with Crippen LogP contribution in [0.4, 0.5) is 5.69 Å². The smallest absolute Gasteiger partial charge is 0.0396 e. The number of piperidine rings is 1. The standard InChI is InChI=1S/C15H23N/c1-14(2)11-8-12-16(15(14,3)4)13-9-6-5-7-10-13/h5-7,9-10H,8,11-12H2,1-4H3. The van der Waals surface area contributed by atoms with E-state index in [0.717, 1.165) is 0 Å². The zero-order valence-electron chi connectivity index (χ0n) is 11.0. The van der Waals surface area contributed by atoms with E-state index in [1.807, 2.05) is 0 Å². The van der Waals surface area contributed by atoms with Gasteiger partial charge in [0.25, 0.3) is 0 Å². The number of anilines is 1. The van der Waals surface area contributed by atoms with Crippen LogP contribution in [0.25, 0.3) is 0 Å². The summed E-state index contributed by atoms with van der Waals surface area (Å²) in [6.07, 6.45) is 2.62. The molecular weight excluding hydrogens is 194 g/mol. The van der Waals surface area contributed by atoms with Gasteiger partial charge in [-0.3, -0.25) is 0 Å². The number of hydrogen-bond acceptors (Lipinski definition) is 1. The first-order valence-corrected chi connectivity index (χ1v) is 6.28. The van der Waals surface area contributed by atoms with Crippen molar-refractivity contribution in [1.29, 1.82) is 0 Å². The third-order valence-electron chi connectivity index (χ3n) is 4.58. The molecular formula is C15H23N. The zero-order chi connectivity index (χ0) is 11.8. The second kappa shape index (κ2) is 3.80. The molecule has 1 aliphatic rings. The van der Waals surface area contributed by atoms with Crippen molar-refractivity contribution in [2.24, 2.45) is 5.41 Å². The molecule has 1 fully saturated rings. The van der Waals surface area contributed by atoms with Gasteiger partial charge in [0.2, 0.25) is 0 Å². The maximum Gasteiger partial charge on any atom is 0.0396 e. The number of benzene rings is 1. The van der Waals surface area contributed by atoms with Crippen LogP contribution in [0.5, 0.6) is 0 Å². The van der Waals surface area contributed by atoms with Crippen LogP contribution in [0, 0.1) is 5.41 Å². The Morgan fingerprint density at radius 2 is 1.62 bits per heavy atom. The van der Waals surface area contributed by atoms with Gasteiger partial charge in [0.05, 0.1) is 0 Å². The summed E-state index contributed by atoms with van der Waals surface area (Å²) in [5.41, 5.74) is 1.97. The Kier molecular flexibility index (Phi) is 2.73. The number of para-hydroxylation sites is 1. The highest BCUT2D eigenvalue weighted by Gasteiger charge is 2.44. The van der Waals surface area contributed by atoms with Crippen molar-refractivity contribution in [3.05, 3.63) is 30.3 Å². The maximum atomic E-state index is 2.57. The van der Waals surface area contributed by atoms with Crippen molar-refractivity contribution in [3.63, 3.8) is 0 Å². The first-order valence-electron chi connectivity index (χ1n) is 6.28. The predicted octanol–water partition coefficient (Wildman–Crippen LogP) is 4.09. The summed E-state index contributed by atoms with van der Waals surface area (Å²) >= 11 is 0. The summed E-state index contributed by atoms with van der Waals surface area (Å²) in [7, 11) is 0. The molecule has 0 aromatic heterocycles. The van der Waals surface area contributed by atoms with Gasteiger partial charge in [0.15, 0.2) is 0 Å². The Labute approximate surface area is 99.5 Å². The quantitative estimate of drug-likeness (QED) is 0.685. The van der Waals surface area contributed by atoms with E-state index in [9.17, 15) is 0 Å². The zero-order valence-corrected chi connectivity index (χ0v) is 11.0. The Bertz CT molecular complexity index is 351. The Morgan fingerprint density at radius 1 is 1.00 bits per heavy atom. The molecule has 1 heteroatoms. The molecule has 1 nitrogen and oxygen atoms in total.